The van der Waals surface area contributed by atoms with Crippen LogP contribution in [0.2, 0.25) is 0 Å². The lowest BCUT2D eigenvalue weighted by Crippen LogP contribution is -2.29. The molecule has 0 aliphatic rings. The predicted molar refractivity (Wildman–Crippen MR) is 133 cm³/mol. The van der Waals surface area contributed by atoms with E-state index in [0.717, 1.165) is 45.1 Å². The van der Waals surface area contributed by atoms with Crippen LogP contribution in [0.5, 0.6) is 0 Å². The highest BCUT2D eigenvalue weighted by Gasteiger charge is 2.04. The van der Waals surface area contributed by atoms with Crippen LogP contribution in [-0.2, 0) is 20.8 Å². The number of carboxylic acid groups (broad SMARTS) is 1. The monoisotopic (exact) mass is 450 g/mol. The van der Waals surface area contributed by atoms with Gasteiger partial charge in [0.15, 0.2) is 0 Å². The zero-order chi connectivity index (χ0) is 24.8. The maximum absolute atomic E-state index is 11.5. The highest BCUT2D eigenvalue weighted by molar-refractivity contribution is 5.81. The number of benzene rings is 1. The number of carboxylic acids is 1. The van der Waals surface area contributed by atoms with Gasteiger partial charge in [-0.25, -0.2) is 0 Å². The van der Waals surface area contributed by atoms with Crippen molar-refractivity contribution in [2.75, 3.05) is 13.1 Å². The van der Waals surface area contributed by atoms with Gasteiger partial charge in [0.05, 0.1) is 0 Å². The van der Waals surface area contributed by atoms with E-state index in [2.05, 4.69) is 48.7 Å². The molecule has 0 saturated heterocycles. The van der Waals surface area contributed by atoms with Crippen LogP contribution in [0.1, 0.15) is 90.7 Å². The predicted octanol–water partition coefficient (Wildman–Crippen LogP) is 5.27. The smallest absolute Gasteiger partial charge is 0.322 e. The molecular weight excluding hydrogens is 404 g/mol. The summed E-state index contributed by atoms with van der Waals surface area (Å²) in [6.07, 6.45) is 7.22. The third-order valence-corrected chi connectivity index (χ3v) is 4.48. The molecular formula is C26H46N2O4. The first-order valence-electron chi connectivity index (χ1n) is 12.0. The summed E-state index contributed by atoms with van der Waals surface area (Å²) in [7, 11) is 0. The van der Waals surface area contributed by atoms with Crippen LogP contribution >= 0.6 is 0 Å². The lowest BCUT2D eigenvalue weighted by Gasteiger charge is -2.04. The third kappa shape index (κ3) is 22.3. The fraction of sp³-hybridized carbons (Fsp3) is 0.654. The van der Waals surface area contributed by atoms with Gasteiger partial charge in [0.2, 0.25) is 11.8 Å². The Labute approximate surface area is 195 Å². The van der Waals surface area contributed by atoms with Gasteiger partial charge in [-0.05, 0) is 50.5 Å². The molecule has 1 aromatic rings. The Hall–Kier alpha value is -2.37. The summed E-state index contributed by atoms with van der Waals surface area (Å²) < 4.78 is 0. The van der Waals surface area contributed by atoms with Gasteiger partial charge in [-0.3, -0.25) is 14.4 Å². The maximum Gasteiger partial charge on any atom is 0.322 e. The standard InChI is InChI=1S/C16H25NO.C8H15NO3.C2H6/c1-3-4-13-17-16(18)8-6-5-7-15-11-9-14(2)10-12-15;1-6(2)3-4-7(10)9-5-8(11)12;1-2/h9-12H,3-8,13H2,1-2H3,(H,17,18);6H,3-5H2,1-2H3,(H,9,10)(H,11,12);1-2H3. The van der Waals surface area contributed by atoms with Crippen LogP contribution in [0, 0.1) is 12.8 Å². The Morgan fingerprint density at radius 2 is 1.50 bits per heavy atom. The van der Waals surface area contributed by atoms with E-state index < -0.39 is 5.97 Å². The van der Waals surface area contributed by atoms with Crippen molar-refractivity contribution in [3.8, 4) is 0 Å². The van der Waals surface area contributed by atoms with Crippen molar-refractivity contribution < 1.29 is 19.5 Å². The van der Waals surface area contributed by atoms with E-state index in [4.69, 9.17) is 5.11 Å². The minimum absolute atomic E-state index is 0.189. The minimum Gasteiger partial charge on any atom is -0.480 e. The molecule has 0 aliphatic heterocycles. The topological polar surface area (TPSA) is 95.5 Å². The number of hydrogen-bond donors (Lipinski definition) is 3. The van der Waals surface area contributed by atoms with Crippen LogP contribution in [0.3, 0.4) is 0 Å². The zero-order valence-corrected chi connectivity index (χ0v) is 21.1. The Bertz CT molecular complexity index is 613. The molecule has 0 saturated carbocycles. The summed E-state index contributed by atoms with van der Waals surface area (Å²) in [4.78, 5) is 32.4. The molecule has 32 heavy (non-hydrogen) atoms. The van der Waals surface area contributed by atoms with E-state index in [1.54, 1.807) is 0 Å². The lowest BCUT2D eigenvalue weighted by atomic mass is 10.1. The second-order valence-electron chi connectivity index (χ2n) is 8.00. The molecule has 6 nitrogen and oxygen atoms in total. The van der Waals surface area contributed by atoms with Crippen molar-refractivity contribution in [3.63, 3.8) is 0 Å². The summed E-state index contributed by atoms with van der Waals surface area (Å²) in [5.74, 6) is -0.521. The SMILES string of the molecule is CC.CC(C)CCC(=O)NCC(=O)O.CCCCNC(=O)CCCCc1ccc(C)cc1. The Balaban J connectivity index is 0. The van der Waals surface area contributed by atoms with Crippen molar-refractivity contribution in [2.24, 2.45) is 5.92 Å². The summed E-state index contributed by atoms with van der Waals surface area (Å²) in [5, 5.41) is 13.5. The quantitative estimate of drug-likeness (QED) is 0.357. The highest BCUT2D eigenvalue weighted by atomic mass is 16.4. The van der Waals surface area contributed by atoms with Crippen molar-refractivity contribution in [1.82, 2.24) is 10.6 Å². The Morgan fingerprint density at radius 1 is 0.906 bits per heavy atom. The number of aryl methyl sites for hydroxylation is 2. The molecule has 2 amide bonds. The molecule has 1 rings (SSSR count). The molecule has 1 aromatic carbocycles. The van der Waals surface area contributed by atoms with Gasteiger partial charge in [0, 0.05) is 19.4 Å². The molecule has 0 bridgehead atoms. The summed E-state index contributed by atoms with van der Waals surface area (Å²) in [6, 6.07) is 8.65. The number of hydrogen-bond acceptors (Lipinski definition) is 3. The molecule has 0 atom stereocenters. The zero-order valence-electron chi connectivity index (χ0n) is 21.1. The van der Waals surface area contributed by atoms with Crippen molar-refractivity contribution in [2.45, 2.75) is 92.9 Å². The Kier molecular flexibility index (Phi) is 21.7. The van der Waals surface area contributed by atoms with E-state index in [1.165, 1.54) is 11.1 Å². The van der Waals surface area contributed by atoms with E-state index in [1.807, 2.05) is 27.7 Å². The average Bonchev–Trinajstić information content (AvgIpc) is 2.77. The summed E-state index contributed by atoms with van der Waals surface area (Å²) in [6.45, 7) is 12.8. The van der Waals surface area contributed by atoms with E-state index >= 15 is 0 Å². The number of aliphatic carboxylic acids is 1. The van der Waals surface area contributed by atoms with Crippen molar-refractivity contribution in [3.05, 3.63) is 35.4 Å². The average molecular weight is 451 g/mol. The molecule has 0 unspecified atom stereocenters. The fourth-order valence-electron chi connectivity index (χ4n) is 2.54. The second kappa shape index (κ2) is 21.8. The largest absolute Gasteiger partial charge is 0.480 e. The number of unbranched alkanes of at least 4 members (excludes halogenated alkanes) is 2. The van der Waals surface area contributed by atoms with E-state index in [0.29, 0.717) is 18.8 Å². The van der Waals surface area contributed by atoms with Gasteiger partial charge < -0.3 is 15.7 Å². The summed E-state index contributed by atoms with van der Waals surface area (Å²) in [5.41, 5.74) is 2.67. The van der Waals surface area contributed by atoms with Crippen LogP contribution in [0.15, 0.2) is 24.3 Å². The number of rotatable bonds is 13. The van der Waals surface area contributed by atoms with Gasteiger partial charge in [-0.2, -0.15) is 0 Å². The third-order valence-electron chi connectivity index (χ3n) is 4.48. The molecule has 6 heteroatoms. The van der Waals surface area contributed by atoms with Crippen LogP contribution in [0.4, 0.5) is 0 Å². The second-order valence-corrected chi connectivity index (χ2v) is 8.00. The minimum atomic E-state index is -1.01. The normalized spacial score (nSPS) is 9.72. The molecule has 0 spiro atoms. The van der Waals surface area contributed by atoms with Gasteiger partial charge in [-0.1, -0.05) is 70.9 Å². The summed E-state index contributed by atoms with van der Waals surface area (Å²) >= 11 is 0. The van der Waals surface area contributed by atoms with E-state index in [-0.39, 0.29) is 18.4 Å². The molecule has 3 N–H and O–H groups in total. The van der Waals surface area contributed by atoms with Crippen molar-refractivity contribution in [1.29, 1.82) is 0 Å². The molecule has 0 aromatic heterocycles. The molecule has 184 valence electrons. The van der Waals surface area contributed by atoms with Crippen LogP contribution in [-0.4, -0.2) is 36.0 Å². The highest BCUT2D eigenvalue weighted by Crippen LogP contribution is 2.08. The van der Waals surface area contributed by atoms with E-state index in [9.17, 15) is 14.4 Å². The number of amides is 2. The number of carbonyl (C=O) groups excluding carboxylic acids is 2. The lowest BCUT2D eigenvalue weighted by molar-refractivity contribution is -0.138. The maximum atomic E-state index is 11.5. The first-order valence-corrected chi connectivity index (χ1v) is 12.0. The first kappa shape index (κ1) is 31.8. The van der Waals surface area contributed by atoms with Gasteiger partial charge in [0.1, 0.15) is 6.54 Å². The van der Waals surface area contributed by atoms with Crippen LogP contribution in [0.25, 0.3) is 0 Å². The van der Waals surface area contributed by atoms with Gasteiger partial charge in [-0.15, -0.1) is 0 Å². The van der Waals surface area contributed by atoms with Gasteiger partial charge >= 0.3 is 5.97 Å². The number of carbonyl (C=O) groups is 3. The fourth-order valence-corrected chi connectivity index (χ4v) is 2.54. The molecule has 0 fully saturated rings. The van der Waals surface area contributed by atoms with Crippen molar-refractivity contribution >= 4 is 17.8 Å². The first-order chi connectivity index (χ1) is 15.2. The molecule has 0 heterocycles. The Morgan fingerprint density at radius 3 is 2.03 bits per heavy atom. The number of nitrogens with one attached hydrogen (secondary N) is 2. The molecule has 0 aliphatic carbocycles. The molecule has 0 radical (unpaired) electrons. The van der Waals surface area contributed by atoms with Crippen LogP contribution < -0.4 is 10.6 Å². The van der Waals surface area contributed by atoms with Gasteiger partial charge in [0.25, 0.3) is 0 Å².